The number of quaternary nitrogens is 1. The number of amides is 1. The zero-order valence-corrected chi connectivity index (χ0v) is 53.2. The molecule has 3 atom stereocenters. The number of allylic oxidation sites excluding steroid dienone is 13. The van der Waals surface area contributed by atoms with E-state index in [0.717, 1.165) is 83.5 Å². The fraction of sp³-hybridized carbons (Fsp3) is 0.768. The van der Waals surface area contributed by atoms with Crippen LogP contribution in [0.4, 0.5) is 0 Å². The van der Waals surface area contributed by atoms with E-state index >= 15 is 0 Å². The Labute approximate surface area is 488 Å². The van der Waals surface area contributed by atoms with Gasteiger partial charge in [-0.2, -0.15) is 0 Å². The van der Waals surface area contributed by atoms with Crippen LogP contribution in [0.15, 0.2) is 85.1 Å². The number of nitrogens with zero attached hydrogens (tertiary/aromatic N) is 1. The predicted molar refractivity (Wildman–Crippen MR) is 339 cm³/mol. The lowest BCUT2D eigenvalue weighted by Gasteiger charge is -2.30. The Morgan fingerprint density at radius 3 is 1.19 bits per heavy atom. The SMILES string of the molecule is CCCCC/C=C\C/C=C\C/C=C\C/C=C\CCCCCC(=O)NC(COP(=O)([O-])OCC[N+](C)(C)C)C(/C=C/CCCCCCCCCCC)OC(=O)CCCCCCCCCCCCCCC/C=C\C/C=C\CCCCC. The fourth-order valence-electron chi connectivity index (χ4n) is 9.18. The molecule has 0 saturated carbocycles. The summed E-state index contributed by atoms with van der Waals surface area (Å²) in [4.78, 5) is 40.0. The molecule has 0 rings (SSSR count). The van der Waals surface area contributed by atoms with Crippen LogP contribution < -0.4 is 10.2 Å². The molecule has 0 spiro atoms. The standard InChI is InChI=1S/C69H125N2O7P/c1-7-10-13-16-19-22-25-27-29-31-33-34-35-36-38-40-42-44-47-50-53-56-59-62-69(73)78-67(60-57-54-51-48-45-24-21-18-15-12-9-3)66(65-77-79(74,75)76-64-63-71(4,5)6)70-68(72)61-58-55-52-49-46-43-41-39-37-32-30-28-26-23-20-17-14-11-8-2/h19-20,22-23,27-30,37,39,43,46,57,60,66-67H,7-18,21,24-26,31-36,38,40-42,44-45,47-56,58-59,61-65H2,1-6H3,(H-,70,72,74,75)/b22-19-,23-20-,29-27-,30-28-,39-37-,46-43-,60-57+. The summed E-state index contributed by atoms with van der Waals surface area (Å²) in [6, 6.07) is -0.909. The number of carbonyl (C=O) groups is 2. The van der Waals surface area contributed by atoms with Gasteiger partial charge in [0, 0.05) is 12.8 Å². The summed E-state index contributed by atoms with van der Waals surface area (Å²) in [5.41, 5.74) is 0. The Balaban J connectivity index is 5.17. The molecule has 0 aliphatic rings. The number of likely N-dealkylation sites (N-methyl/N-ethyl adjacent to an activating group) is 1. The lowest BCUT2D eigenvalue weighted by molar-refractivity contribution is -0.870. The van der Waals surface area contributed by atoms with Gasteiger partial charge < -0.3 is 28.5 Å². The number of hydrogen-bond donors (Lipinski definition) is 1. The fourth-order valence-corrected chi connectivity index (χ4v) is 9.91. The van der Waals surface area contributed by atoms with Crippen LogP contribution in [0.1, 0.15) is 290 Å². The van der Waals surface area contributed by atoms with Gasteiger partial charge in [0.1, 0.15) is 19.3 Å². The molecule has 3 unspecified atom stereocenters. The van der Waals surface area contributed by atoms with Crippen molar-refractivity contribution in [1.82, 2.24) is 5.32 Å². The van der Waals surface area contributed by atoms with Crippen molar-refractivity contribution in [3.8, 4) is 0 Å². The van der Waals surface area contributed by atoms with Gasteiger partial charge in [-0.1, -0.05) is 254 Å². The molecule has 1 amide bonds. The van der Waals surface area contributed by atoms with Gasteiger partial charge in [-0.05, 0) is 109 Å². The van der Waals surface area contributed by atoms with E-state index in [2.05, 4.69) is 99.0 Å². The van der Waals surface area contributed by atoms with E-state index in [4.69, 9.17) is 13.8 Å². The lowest BCUT2D eigenvalue weighted by Crippen LogP contribution is -2.47. The predicted octanol–water partition coefficient (Wildman–Crippen LogP) is 19.9. The monoisotopic (exact) mass is 1120 g/mol. The number of phosphoric ester groups is 1. The third kappa shape index (κ3) is 59.6. The molecular weight excluding hydrogens is 1000 g/mol. The van der Waals surface area contributed by atoms with Crippen molar-refractivity contribution in [3.05, 3.63) is 85.1 Å². The molecule has 0 aromatic heterocycles. The minimum absolute atomic E-state index is 0.0316. The molecule has 0 aliphatic carbocycles. The maximum Gasteiger partial charge on any atom is 0.306 e. The number of nitrogens with one attached hydrogen (secondary N) is 1. The van der Waals surface area contributed by atoms with Crippen LogP contribution in [0.5, 0.6) is 0 Å². The Morgan fingerprint density at radius 1 is 0.443 bits per heavy atom. The Kier molecular flexibility index (Phi) is 56.3. The average Bonchev–Trinajstić information content (AvgIpc) is 3.41. The molecule has 0 heterocycles. The Morgan fingerprint density at radius 2 is 0.772 bits per heavy atom. The molecule has 0 aromatic rings. The third-order valence-electron chi connectivity index (χ3n) is 14.3. The zero-order valence-electron chi connectivity index (χ0n) is 52.3. The highest BCUT2D eigenvalue weighted by molar-refractivity contribution is 7.45. The highest BCUT2D eigenvalue weighted by atomic mass is 31.2. The molecule has 0 fully saturated rings. The number of hydrogen-bond acceptors (Lipinski definition) is 7. The quantitative estimate of drug-likeness (QED) is 0.0212. The van der Waals surface area contributed by atoms with Crippen molar-refractivity contribution in [2.45, 2.75) is 303 Å². The number of phosphoric acid groups is 1. The first-order chi connectivity index (χ1) is 38.4. The largest absolute Gasteiger partial charge is 0.756 e. The first kappa shape index (κ1) is 76.2. The van der Waals surface area contributed by atoms with Gasteiger partial charge in [0.05, 0.1) is 33.8 Å². The first-order valence-corrected chi connectivity index (χ1v) is 34.4. The highest BCUT2D eigenvalue weighted by Crippen LogP contribution is 2.38. The van der Waals surface area contributed by atoms with Crippen molar-refractivity contribution in [3.63, 3.8) is 0 Å². The van der Waals surface area contributed by atoms with Crippen molar-refractivity contribution in [2.75, 3.05) is 40.9 Å². The highest BCUT2D eigenvalue weighted by Gasteiger charge is 2.27. The lowest BCUT2D eigenvalue weighted by atomic mass is 10.0. The molecule has 458 valence electrons. The summed E-state index contributed by atoms with van der Waals surface area (Å²) in [5.74, 6) is -0.576. The number of esters is 1. The van der Waals surface area contributed by atoms with Crippen LogP contribution in [-0.4, -0.2) is 69.4 Å². The minimum atomic E-state index is -4.71. The third-order valence-corrected chi connectivity index (χ3v) is 15.3. The average molecular weight is 1130 g/mol. The molecule has 79 heavy (non-hydrogen) atoms. The normalized spacial score (nSPS) is 14.2. The summed E-state index contributed by atoms with van der Waals surface area (Å²) in [7, 11) is 1.16. The minimum Gasteiger partial charge on any atom is -0.756 e. The maximum atomic E-state index is 13.5. The van der Waals surface area contributed by atoms with E-state index in [1.807, 2.05) is 33.3 Å². The molecule has 0 saturated heterocycles. The van der Waals surface area contributed by atoms with Crippen molar-refractivity contribution in [1.29, 1.82) is 0 Å². The van der Waals surface area contributed by atoms with E-state index in [1.165, 1.54) is 167 Å². The molecule has 0 aromatic carbocycles. The summed E-state index contributed by atoms with van der Waals surface area (Å²) in [5, 5.41) is 3.01. The van der Waals surface area contributed by atoms with Crippen LogP contribution in [0.3, 0.4) is 0 Å². The number of unbranched alkanes of at least 4 members (excludes halogenated alkanes) is 31. The Hall–Kier alpha value is -2.81. The smallest absolute Gasteiger partial charge is 0.306 e. The topological polar surface area (TPSA) is 114 Å². The molecule has 10 heteroatoms. The second kappa shape index (κ2) is 58.4. The van der Waals surface area contributed by atoms with Crippen molar-refractivity contribution < 1.29 is 37.3 Å². The number of rotatable bonds is 59. The maximum absolute atomic E-state index is 13.5. The molecule has 0 aliphatic heterocycles. The Bertz CT molecular complexity index is 1630. The van der Waals surface area contributed by atoms with Gasteiger partial charge in [-0.15, -0.1) is 0 Å². The van der Waals surface area contributed by atoms with E-state index < -0.39 is 26.6 Å². The number of carbonyl (C=O) groups excluding carboxylic acids is 2. The van der Waals surface area contributed by atoms with Gasteiger partial charge in [0.2, 0.25) is 5.91 Å². The molecule has 0 radical (unpaired) electrons. The van der Waals surface area contributed by atoms with Gasteiger partial charge >= 0.3 is 5.97 Å². The molecule has 0 bridgehead atoms. The summed E-state index contributed by atoms with van der Waals surface area (Å²) < 4.78 is 30.3. The first-order valence-electron chi connectivity index (χ1n) is 32.9. The summed E-state index contributed by atoms with van der Waals surface area (Å²) in [6.07, 6.45) is 77.0. The summed E-state index contributed by atoms with van der Waals surface area (Å²) >= 11 is 0. The molecule has 1 N–H and O–H groups in total. The van der Waals surface area contributed by atoms with Gasteiger partial charge in [0.25, 0.3) is 7.82 Å². The van der Waals surface area contributed by atoms with Gasteiger partial charge in [-0.3, -0.25) is 14.2 Å². The molecular formula is C69H125N2O7P. The van der Waals surface area contributed by atoms with E-state index in [9.17, 15) is 19.0 Å². The number of ether oxygens (including phenoxy) is 1. The second-order valence-corrected chi connectivity index (χ2v) is 24.7. The van der Waals surface area contributed by atoms with Crippen LogP contribution >= 0.6 is 7.82 Å². The zero-order chi connectivity index (χ0) is 57.9. The summed E-state index contributed by atoms with van der Waals surface area (Å²) in [6.45, 7) is 6.77. The van der Waals surface area contributed by atoms with Crippen molar-refractivity contribution in [2.24, 2.45) is 0 Å². The van der Waals surface area contributed by atoms with Crippen LogP contribution in [0.25, 0.3) is 0 Å². The van der Waals surface area contributed by atoms with Crippen LogP contribution in [-0.2, 0) is 27.9 Å². The van der Waals surface area contributed by atoms with Crippen LogP contribution in [0, 0.1) is 0 Å². The van der Waals surface area contributed by atoms with Crippen molar-refractivity contribution >= 4 is 19.7 Å². The second-order valence-electron chi connectivity index (χ2n) is 23.3. The van der Waals surface area contributed by atoms with E-state index in [1.54, 1.807) is 0 Å². The van der Waals surface area contributed by atoms with E-state index in [0.29, 0.717) is 17.4 Å². The van der Waals surface area contributed by atoms with Crippen LogP contribution in [0.2, 0.25) is 0 Å². The van der Waals surface area contributed by atoms with Gasteiger partial charge in [-0.25, -0.2) is 0 Å². The van der Waals surface area contributed by atoms with E-state index in [-0.39, 0.29) is 31.3 Å². The molecule has 9 nitrogen and oxygen atoms in total. The van der Waals surface area contributed by atoms with Gasteiger partial charge in [0.15, 0.2) is 0 Å².